The first-order chi connectivity index (χ1) is 12.2. The Labute approximate surface area is 144 Å². The predicted molar refractivity (Wildman–Crippen MR) is 91.4 cm³/mol. The standard InChI is InChI=1S/C18H18N4O3/c1-25-15-6-7-16(17(23)8-15)18(24)20-9-13-2-4-14(5-3-13)10-22-12-19-11-21-22/h2-8,11-12,23H,9-10H2,1H3,(H,20,24). The SMILES string of the molecule is COc1ccc(C(=O)NCc2ccc(Cn3cncn3)cc2)c(O)c1. The third-order valence-corrected chi connectivity index (χ3v) is 3.74. The molecule has 7 heteroatoms. The molecule has 0 saturated carbocycles. The molecule has 0 radical (unpaired) electrons. The fourth-order valence-corrected chi connectivity index (χ4v) is 2.37. The van der Waals surface area contributed by atoms with Crippen LogP contribution in [0.15, 0.2) is 55.1 Å². The number of nitrogens with zero attached hydrogens (tertiary/aromatic N) is 3. The van der Waals surface area contributed by atoms with Crippen LogP contribution in [0.2, 0.25) is 0 Å². The summed E-state index contributed by atoms with van der Waals surface area (Å²) in [5.74, 6) is 0.0453. The van der Waals surface area contributed by atoms with Crippen molar-refractivity contribution in [3.8, 4) is 11.5 Å². The van der Waals surface area contributed by atoms with E-state index in [0.717, 1.165) is 11.1 Å². The fourth-order valence-electron chi connectivity index (χ4n) is 2.37. The highest BCUT2D eigenvalue weighted by Gasteiger charge is 2.11. The molecule has 0 bridgehead atoms. The number of ether oxygens (including phenoxy) is 1. The van der Waals surface area contributed by atoms with Crippen LogP contribution in [-0.4, -0.2) is 32.9 Å². The van der Waals surface area contributed by atoms with Crippen molar-refractivity contribution in [2.45, 2.75) is 13.1 Å². The molecule has 0 aliphatic rings. The molecular weight excluding hydrogens is 320 g/mol. The topological polar surface area (TPSA) is 89.3 Å². The molecule has 0 fully saturated rings. The zero-order valence-corrected chi connectivity index (χ0v) is 13.7. The van der Waals surface area contributed by atoms with E-state index in [4.69, 9.17) is 4.74 Å². The number of aromatic hydroxyl groups is 1. The largest absolute Gasteiger partial charge is 0.507 e. The van der Waals surface area contributed by atoms with Gasteiger partial charge in [0, 0.05) is 12.6 Å². The van der Waals surface area contributed by atoms with Gasteiger partial charge in [-0.1, -0.05) is 24.3 Å². The molecule has 128 valence electrons. The monoisotopic (exact) mass is 338 g/mol. The Balaban J connectivity index is 1.58. The first kappa shape index (κ1) is 16.5. The number of hydrogen-bond acceptors (Lipinski definition) is 5. The van der Waals surface area contributed by atoms with E-state index in [1.807, 2.05) is 24.3 Å². The zero-order chi connectivity index (χ0) is 17.6. The second-order valence-electron chi connectivity index (χ2n) is 5.48. The molecular formula is C18H18N4O3. The summed E-state index contributed by atoms with van der Waals surface area (Å²) in [5, 5.41) is 16.7. The lowest BCUT2D eigenvalue weighted by molar-refractivity contribution is 0.0948. The van der Waals surface area contributed by atoms with Crippen molar-refractivity contribution in [3.63, 3.8) is 0 Å². The first-order valence-electron chi connectivity index (χ1n) is 7.71. The van der Waals surface area contributed by atoms with Gasteiger partial charge in [0.25, 0.3) is 5.91 Å². The van der Waals surface area contributed by atoms with Crippen molar-refractivity contribution in [3.05, 3.63) is 71.8 Å². The van der Waals surface area contributed by atoms with Gasteiger partial charge < -0.3 is 15.2 Å². The number of aromatic nitrogens is 3. The normalized spacial score (nSPS) is 10.4. The molecule has 25 heavy (non-hydrogen) atoms. The van der Waals surface area contributed by atoms with Crippen LogP contribution in [0.1, 0.15) is 21.5 Å². The first-order valence-corrected chi connectivity index (χ1v) is 7.71. The minimum Gasteiger partial charge on any atom is -0.507 e. The van der Waals surface area contributed by atoms with Crippen LogP contribution in [0.25, 0.3) is 0 Å². The number of phenols is 1. The number of methoxy groups -OCH3 is 1. The van der Waals surface area contributed by atoms with Crippen LogP contribution in [-0.2, 0) is 13.1 Å². The van der Waals surface area contributed by atoms with Crippen LogP contribution in [0.4, 0.5) is 0 Å². The molecule has 3 rings (SSSR count). The molecule has 0 unspecified atom stereocenters. The number of hydrogen-bond donors (Lipinski definition) is 2. The summed E-state index contributed by atoms with van der Waals surface area (Å²) in [4.78, 5) is 16.1. The second kappa shape index (κ2) is 7.48. The Morgan fingerprint density at radius 1 is 1.20 bits per heavy atom. The number of nitrogens with one attached hydrogen (secondary N) is 1. The quantitative estimate of drug-likeness (QED) is 0.717. The van der Waals surface area contributed by atoms with E-state index >= 15 is 0 Å². The van der Waals surface area contributed by atoms with E-state index < -0.39 is 0 Å². The van der Waals surface area contributed by atoms with Gasteiger partial charge in [-0.25, -0.2) is 9.67 Å². The lowest BCUT2D eigenvalue weighted by Crippen LogP contribution is -2.22. The van der Waals surface area contributed by atoms with Gasteiger partial charge in [0.1, 0.15) is 24.2 Å². The van der Waals surface area contributed by atoms with Gasteiger partial charge in [-0.2, -0.15) is 5.10 Å². The number of phenolic OH excluding ortho intramolecular Hbond substituents is 1. The molecule has 3 aromatic rings. The minimum atomic E-state index is -0.341. The Morgan fingerprint density at radius 3 is 2.60 bits per heavy atom. The van der Waals surface area contributed by atoms with Crippen LogP contribution in [0.3, 0.4) is 0 Å². The molecule has 2 N–H and O–H groups in total. The molecule has 2 aromatic carbocycles. The van der Waals surface area contributed by atoms with Crippen LogP contribution in [0, 0.1) is 0 Å². The summed E-state index contributed by atoms with van der Waals surface area (Å²) in [7, 11) is 1.50. The van der Waals surface area contributed by atoms with Gasteiger partial charge in [-0.15, -0.1) is 0 Å². The maximum Gasteiger partial charge on any atom is 0.255 e. The number of carbonyl (C=O) groups excluding carboxylic acids is 1. The van der Waals surface area contributed by atoms with Crippen molar-refractivity contribution in [2.75, 3.05) is 7.11 Å². The summed E-state index contributed by atoms with van der Waals surface area (Å²) in [5.41, 5.74) is 2.26. The third kappa shape index (κ3) is 4.14. The molecule has 0 atom stereocenters. The summed E-state index contributed by atoms with van der Waals surface area (Å²) in [6, 6.07) is 12.4. The fraction of sp³-hybridized carbons (Fsp3) is 0.167. The highest BCUT2D eigenvalue weighted by Crippen LogP contribution is 2.23. The summed E-state index contributed by atoms with van der Waals surface area (Å²) in [6.45, 7) is 1.01. The summed E-state index contributed by atoms with van der Waals surface area (Å²) < 4.78 is 6.75. The van der Waals surface area contributed by atoms with E-state index in [1.165, 1.54) is 25.6 Å². The molecule has 1 heterocycles. The molecule has 0 aliphatic heterocycles. The third-order valence-electron chi connectivity index (χ3n) is 3.74. The number of carbonyl (C=O) groups is 1. The average Bonchev–Trinajstić information content (AvgIpc) is 3.13. The van der Waals surface area contributed by atoms with E-state index in [9.17, 15) is 9.90 Å². The van der Waals surface area contributed by atoms with Crippen molar-refractivity contribution in [1.82, 2.24) is 20.1 Å². The van der Waals surface area contributed by atoms with Crippen molar-refractivity contribution in [1.29, 1.82) is 0 Å². The lowest BCUT2D eigenvalue weighted by Gasteiger charge is -2.09. The van der Waals surface area contributed by atoms with Crippen molar-refractivity contribution >= 4 is 5.91 Å². The van der Waals surface area contributed by atoms with E-state index in [1.54, 1.807) is 17.1 Å². The lowest BCUT2D eigenvalue weighted by atomic mass is 10.1. The molecule has 0 spiro atoms. The Bertz CT molecular complexity index is 845. The van der Waals surface area contributed by atoms with Gasteiger partial charge in [0.15, 0.2) is 0 Å². The second-order valence-corrected chi connectivity index (χ2v) is 5.48. The van der Waals surface area contributed by atoms with Crippen LogP contribution in [0.5, 0.6) is 11.5 Å². The zero-order valence-electron chi connectivity index (χ0n) is 13.7. The summed E-state index contributed by atoms with van der Waals surface area (Å²) in [6.07, 6.45) is 3.16. The molecule has 0 aliphatic carbocycles. The van der Waals surface area contributed by atoms with Gasteiger partial charge >= 0.3 is 0 Å². The van der Waals surface area contributed by atoms with E-state index in [0.29, 0.717) is 18.8 Å². The number of benzene rings is 2. The molecule has 1 amide bonds. The Hall–Kier alpha value is -3.35. The van der Waals surface area contributed by atoms with Gasteiger partial charge in [-0.3, -0.25) is 4.79 Å². The van der Waals surface area contributed by atoms with Gasteiger partial charge in [0.2, 0.25) is 0 Å². The number of amides is 1. The van der Waals surface area contributed by atoms with Crippen LogP contribution < -0.4 is 10.1 Å². The average molecular weight is 338 g/mol. The number of rotatable bonds is 6. The predicted octanol–water partition coefficient (Wildman–Crippen LogP) is 1.97. The van der Waals surface area contributed by atoms with E-state index in [2.05, 4.69) is 15.4 Å². The van der Waals surface area contributed by atoms with Crippen molar-refractivity contribution < 1.29 is 14.6 Å². The highest BCUT2D eigenvalue weighted by atomic mass is 16.5. The highest BCUT2D eigenvalue weighted by molar-refractivity contribution is 5.96. The maximum absolute atomic E-state index is 12.2. The van der Waals surface area contributed by atoms with Crippen LogP contribution >= 0.6 is 0 Å². The maximum atomic E-state index is 12.2. The van der Waals surface area contributed by atoms with E-state index in [-0.39, 0.29) is 17.2 Å². The van der Waals surface area contributed by atoms with Crippen molar-refractivity contribution in [2.24, 2.45) is 0 Å². The van der Waals surface area contributed by atoms with Gasteiger partial charge in [0.05, 0.1) is 19.2 Å². The molecule has 1 aromatic heterocycles. The smallest absolute Gasteiger partial charge is 0.255 e. The molecule has 0 saturated heterocycles. The Kier molecular flexibility index (Phi) is 4.94. The van der Waals surface area contributed by atoms with Gasteiger partial charge in [-0.05, 0) is 23.3 Å². The summed E-state index contributed by atoms with van der Waals surface area (Å²) >= 11 is 0. The Morgan fingerprint density at radius 2 is 1.96 bits per heavy atom. The minimum absolute atomic E-state index is 0.111. The molecule has 7 nitrogen and oxygen atoms in total.